The minimum Gasteiger partial charge on any atom is -0.382 e. The van der Waals surface area contributed by atoms with Crippen molar-refractivity contribution in [2.24, 2.45) is 0 Å². The molecule has 1 atom stereocenters. The van der Waals surface area contributed by atoms with Gasteiger partial charge in [-0.15, -0.1) is 0 Å². The Balaban J connectivity index is 2.11. The van der Waals surface area contributed by atoms with Crippen LogP contribution in [0.3, 0.4) is 0 Å². The fraction of sp³-hybridized carbons (Fsp3) is 0.0556. The van der Waals surface area contributed by atoms with Crippen molar-refractivity contribution in [2.75, 3.05) is 0 Å². The summed E-state index contributed by atoms with van der Waals surface area (Å²) in [7, 11) is 0. The van der Waals surface area contributed by atoms with Crippen LogP contribution >= 0.6 is 0 Å². The maximum absolute atomic E-state index is 12.1. The van der Waals surface area contributed by atoms with Crippen molar-refractivity contribution in [1.82, 2.24) is 9.97 Å². The number of benzene rings is 1. The molecule has 0 fully saturated rings. The van der Waals surface area contributed by atoms with Gasteiger partial charge in [0.1, 0.15) is 6.10 Å². The zero-order chi connectivity index (χ0) is 16.2. The lowest BCUT2D eigenvalue weighted by atomic mass is 9.98. The molecule has 2 aromatic heterocycles. The van der Waals surface area contributed by atoms with E-state index >= 15 is 0 Å². The predicted molar refractivity (Wildman–Crippen MR) is 85.5 cm³/mol. The van der Waals surface area contributed by atoms with Gasteiger partial charge in [-0.1, -0.05) is 24.3 Å². The van der Waals surface area contributed by atoms with Gasteiger partial charge in [0, 0.05) is 29.1 Å². The van der Waals surface area contributed by atoms with Crippen LogP contribution in [0.4, 0.5) is 0 Å². The van der Waals surface area contributed by atoms with Gasteiger partial charge in [-0.25, -0.2) is 0 Å². The number of aromatic nitrogens is 2. The second kappa shape index (κ2) is 6.26. The van der Waals surface area contributed by atoms with Crippen molar-refractivity contribution < 1.29 is 5.11 Å². The van der Waals surface area contributed by atoms with Crippen molar-refractivity contribution in [3.8, 4) is 17.2 Å². The molecule has 0 aliphatic carbocycles. The first-order chi connectivity index (χ1) is 11.2. The Morgan fingerprint density at radius 2 is 1.91 bits per heavy atom. The number of nitrogens with one attached hydrogen (secondary N) is 1. The number of aromatic amines is 1. The van der Waals surface area contributed by atoms with Crippen LogP contribution in [-0.2, 0) is 0 Å². The summed E-state index contributed by atoms with van der Waals surface area (Å²) in [4.78, 5) is 18.9. The number of rotatable bonds is 3. The van der Waals surface area contributed by atoms with E-state index in [2.05, 4.69) is 16.0 Å². The molecule has 0 aliphatic rings. The molecule has 0 amide bonds. The second-order valence-corrected chi connectivity index (χ2v) is 4.99. The largest absolute Gasteiger partial charge is 0.382 e. The van der Waals surface area contributed by atoms with Crippen LogP contribution in [0.15, 0.2) is 65.7 Å². The van der Waals surface area contributed by atoms with Crippen LogP contribution < -0.4 is 5.56 Å². The molecule has 5 heteroatoms. The quantitative estimate of drug-likeness (QED) is 0.777. The third-order valence-electron chi connectivity index (χ3n) is 3.55. The summed E-state index contributed by atoms with van der Waals surface area (Å²) in [5, 5.41) is 19.6. The Morgan fingerprint density at radius 1 is 1.13 bits per heavy atom. The predicted octanol–water partition coefficient (Wildman–Crippen LogP) is 2.39. The van der Waals surface area contributed by atoms with Gasteiger partial charge in [-0.05, 0) is 24.3 Å². The van der Waals surface area contributed by atoms with E-state index in [4.69, 9.17) is 0 Å². The maximum atomic E-state index is 12.1. The number of pyridine rings is 2. The molecule has 0 spiro atoms. The molecule has 0 aliphatic heterocycles. The molecule has 1 unspecified atom stereocenters. The van der Waals surface area contributed by atoms with E-state index in [-0.39, 0.29) is 5.56 Å². The van der Waals surface area contributed by atoms with Crippen LogP contribution in [0, 0.1) is 11.3 Å². The lowest BCUT2D eigenvalue weighted by Crippen LogP contribution is -2.12. The first kappa shape index (κ1) is 14.7. The molecule has 3 rings (SSSR count). The molecule has 2 heterocycles. The van der Waals surface area contributed by atoms with Gasteiger partial charge in [0.15, 0.2) is 0 Å². The molecule has 3 aromatic rings. The van der Waals surface area contributed by atoms with Crippen molar-refractivity contribution in [3.05, 3.63) is 88.1 Å². The average Bonchev–Trinajstić information content (AvgIpc) is 2.62. The molecule has 112 valence electrons. The van der Waals surface area contributed by atoms with Crippen LogP contribution in [0.25, 0.3) is 11.1 Å². The minimum atomic E-state index is -0.957. The van der Waals surface area contributed by atoms with Gasteiger partial charge in [0.2, 0.25) is 0 Å². The molecule has 23 heavy (non-hydrogen) atoms. The summed E-state index contributed by atoms with van der Waals surface area (Å²) < 4.78 is 0. The Morgan fingerprint density at radius 3 is 2.65 bits per heavy atom. The van der Waals surface area contributed by atoms with Crippen molar-refractivity contribution in [2.45, 2.75) is 6.10 Å². The molecular weight excluding hydrogens is 290 g/mol. The summed E-state index contributed by atoms with van der Waals surface area (Å²) >= 11 is 0. The third-order valence-corrected chi connectivity index (χ3v) is 3.55. The Labute approximate surface area is 132 Å². The van der Waals surface area contributed by atoms with Gasteiger partial charge in [-0.2, -0.15) is 5.26 Å². The zero-order valence-electron chi connectivity index (χ0n) is 12.1. The molecule has 0 saturated carbocycles. The van der Waals surface area contributed by atoms with E-state index in [0.717, 1.165) is 0 Å². The van der Waals surface area contributed by atoms with Gasteiger partial charge in [0.05, 0.1) is 17.3 Å². The summed E-state index contributed by atoms with van der Waals surface area (Å²) in [6.07, 6.45) is 2.09. The van der Waals surface area contributed by atoms with Crippen LogP contribution in [0.1, 0.15) is 22.9 Å². The Hall–Kier alpha value is -3.23. The summed E-state index contributed by atoms with van der Waals surface area (Å²) in [6.45, 7) is 0. The molecule has 0 radical (unpaired) electrons. The zero-order valence-corrected chi connectivity index (χ0v) is 12.1. The van der Waals surface area contributed by atoms with Gasteiger partial charge in [-0.3, -0.25) is 9.78 Å². The lowest BCUT2D eigenvalue weighted by molar-refractivity contribution is 0.215. The van der Waals surface area contributed by atoms with Crippen molar-refractivity contribution in [3.63, 3.8) is 0 Å². The standard InChI is InChI=1S/C18H13N3O2/c19-10-12-5-1-2-6-14(12)15-9-13(11-21-18(15)23)17(22)16-7-3-4-8-20-16/h1-9,11,17,22H,(H,21,23). The van der Waals surface area contributed by atoms with Crippen LogP contribution in [-0.4, -0.2) is 15.1 Å². The third kappa shape index (κ3) is 2.89. The number of aliphatic hydroxyl groups excluding tert-OH is 1. The van der Waals surface area contributed by atoms with Gasteiger partial charge in [0.25, 0.3) is 5.56 Å². The Bertz CT molecular complexity index is 927. The number of hydrogen-bond donors (Lipinski definition) is 2. The molecule has 1 aromatic carbocycles. The normalized spacial score (nSPS) is 11.7. The average molecular weight is 303 g/mol. The van der Waals surface area contributed by atoms with Crippen LogP contribution in [0.5, 0.6) is 0 Å². The molecular formula is C18H13N3O2. The molecule has 5 nitrogen and oxygen atoms in total. The van der Waals surface area contributed by atoms with Crippen molar-refractivity contribution >= 4 is 0 Å². The molecule has 0 bridgehead atoms. The summed E-state index contributed by atoms with van der Waals surface area (Å²) in [5.41, 5.74) is 1.96. The fourth-order valence-corrected chi connectivity index (χ4v) is 2.38. The van der Waals surface area contributed by atoms with E-state index in [1.54, 1.807) is 54.7 Å². The highest BCUT2D eigenvalue weighted by molar-refractivity contribution is 5.70. The topological polar surface area (TPSA) is 89.8 Å². The monoisotopic (exact) mass is 303 g/mol. The number of aliphatic hydroxyl groups is 1. The number of hydrogen-bond acceptors (Lipinski definition) is 4. The van der Waals surface area contributed by atoms with Crippen molar-refractivity contribution in [1.29, 1.82) is 5.26 Å². The summed E-state index contributed by atoms with van der Waals surface area (Å²) in [6, 6.07) is 15.8. The fourth-order valence-electron chi connectivity index (χ4n) is 2.38. The van der Waals surface area contributed by atoms with Gasteiger partial charge < -0.3 is 10.1 Å². The number of H-pyrrole nitrogens is 1. The number of nitrogens with zero attached hydrogens (tertiary/aromatic N) is 2. The maximum Gasteiger partial charge on any atom is 0.255 e. The smallest absolute Gasteiger partial charge is 0.255 e. The first-order valence-corrected chi connectivity index (χ1v) is 7.02. The number of nitriles is 1. The van der Waals surface area contributed by atoms with E-state index in [1.165, 1.54) is 6.20 Å². The summed E-state index contributed by atoms with van der Waals surface area (Å²) in [5.74, 6) is 0. The van der Waals surface area contributed by atoms with Crippen LogP contribution in [0.2, 0.25) is 0 Å². The molecule has 2 N–H and O–H groups in total. The molecule has 0 saturated heterocycles. The van der Waals surface area contributed by atoms with E-state index in [0.29, 0.717) is 27.9 Å². The SMILES string of the molecule is N#Cc1ccccc1-c1cc(C(O)c2ccccn2)c[nH]c1=O. The highest BCUT2D eigenvalue weighted by atomic mass is 16.3. The Kier molecular flexibility index (Phi) is 4.00. The van der Waals surface area contributed by atoms with E-state index in [9.17, 15) is 15.2 Å². The van der Waals surface area contributed by atoms with E-state index in [1.807, 2.05) is 0 Å². The highest BCUT2D eigenvalue weighted by Crippen LogP contribution is 2.24. The second-order valence-electron chi connectivity index (χ2n) is 4.99. The first-order valence-electron chi connectivity index (χ1n) is 7.02. The highest BCUT2D eigenvalue weighted by Gasteiger charge is 2.15. The van der Waals surface area contributed by atoms with E-state index < -0.39 is 6.10 Å². The lowest BCUT2D eigenvalue weighted by Gasteiger charge is -2.12. The minimum absolute atomic E-state index is 0.315. The van der Waals surface area contributed by atoms with Gasteiger partial charge >= 0.3 is 0 Å².